The highest BCUT2D eigenvalue weighted by Gasteiger charge is 2.53. The van der Waals surface area contributed by atoms with Gasteiger partial charge in [-0.2, -0.15) is 0 Å². The van der Waals surface area contributed by atoms with E-state index >= 15 is 0 Å². The number of allylic oxidation sites excluding steroid dienone is 2. The van der Waals surface area contributed by atoms with Crippen LogP contribution in [-0.2, 0) is 9.53 Å². The molecule has 5 nitrogen and oxygen atoms in total. The Bertz CT molecular complexity index is 641. The lowest BCUT2D eigenvalue weighted by atomic mass is 9.75. The van der Waals surface area contributed by atoms with Crippen LogP contribution >= 0.6 is 0 Å². The van der Waals surface area contributed by atoms with E-state index in [2.05, 4.69) is 6.58 Å². The van der Waals surface area contributed by atoms with Crippen LogP contribution in [0.25, 0.3) is 0 Å². The maximum Gasteiger partial charge on any atom is 0.331 e. The van der Waals surface area contributed by atoms with Crippen molar-refractivity contribution in [2.75, 3.05) is 0 Å². The molecule has 0 aromatic heterocycles. The van der Waals surface area contributed by atoms with E-state index in [0.717, 1.165) is 17.2 Å². The van der Waals surface area contributed by atoms with Crippen molar-refractivity contribution in [3.63, 3.8) is 0 Å². The lowest BCUT2D eigenvalue weighted by Crippen LogP contribution is -2.43. The van der Waals surface area contributed by atoms with Gasteiger partial charge in [0.15, 0.2) is 0 Å². The third-order valence-electron chi connectivity index (χ3n) is 4.86. The van der Waals surface area contributed by atoms with Crippen LogP contribution in [0.15, 0.2) is 48.1 Å². The summed E-state index contributed by atoms with van der Waals surface area (Å²) in [5.41, 5.74) is -0.637. The summed E-state index contributed by atoms with van der Waals surface area (Å²) in [5, 5.41) is 11.2. The largest absolute Gasteiger partial charge is 0.451 e. The third kappa shape index (κ3) is 2.30. The van der Waals surface area contributed by atoms with Crippen LogP contribution < -0.4 is 0 Å². The lowest BCUT2D eigenvalue weighted by molar-refractivity contribution is -0.535. The van der Waals surface area contributed by atoms with Crippen molar-refractivity contribution >= 4 is 5.97 Å². The number of nitrogens with zero attached hydrogens (tertiary/aromatic N) is 1. The molecular weight excluding hydrogens is 282 g/mol. The summed E-state index contributed by atoms with van der Waals surface area (Å²) in [4.78, 5) is 22.7. The zero-order valence-corrected chi connectivity index (χ0v) is 13.4. The second-order valence-corrected chi connectivity index (χ2v) is 6.81. The minimum atomic E-state index is -1.25. The highest BCUT2D eigenvalue weighted by Crippen LogP contribution is 2.53. The molecule has 0 aromatic carbocycles. The summed E-state index contributed by atoms with van der Waals surface area (Å²) in [6.07, 6.45) is 8.46. The SMILES string of the molecule is C=CC(=O)OC1(C)C2=C(C=CC(C)([N+](=O)[O-])C=C2)CC1(C)C. The van der Waals surface area contributed by atoms with Gasteiger partial charge in [0.05, 0.1) is 0 Å². The number of esters is 1. The molecule has 2 aliphatic rings. The Labute approximate surface area is 130 Å². The number of hydrogen-bond donors (Lipinski definition) is 0. The van der Waals surface area contributed by atoms with Gasteiger partial charge < -0.3 is 4.74 Å². The number of ether oxygens (including phenoxy) is 1. The number of hydrogen-bond acceptors (Lipinski definition) is 4. The van der Waals surface area contributed by atoms with Crippen molar-refractivity contribution in [1.29, 1.82) is 0 Å². The average Bonchev–Trinajstić information content (AvgIpc) is 2.54. The number of nitro groups is 1. The molecule has 2 unspecified atom stereocenters. The molecule has 0 fully saturated rings. The summed E-state index contributed by atoms with van der Waals surface area (Å²) >= 11 is 0. The van der Waals surface area contributed by atoms with E-state index in [-0.39, 0.29) is 10.3 Å². The molecule has 5 heteroatoms. The summed E-state index contributed by atoms with van der Waals surface area (Å²) in [5.74, 6) is -0.497. The molecule has 0 amide bonds. The average molecular weight is 303 g/mol. The second kappa shape index (κ2) is 4.93. The van der Waals surface area contributed by atoms with Gasteiger partial charge in [-0.15, -0.1) is 0 Å². The van der Waals surface area contributed by atoms with E-state index in [1.54, 1.807) is 31.2 Å². The fraction of sp³-hybridized carbons (Fsp3) is 0.471. The van der Waals surface area contributed by atoms with Crippen LogP contribution in [0.2, 0.25) is 0 Å². The fourth-order valence-electron chi connectivity index (χ4n) is 2.96. The van der Waals surface area contributed by atoms with Crippen LogP contribution in [0.1, 0.15) is 34.1 Å². The molecule has 0 saturated heterocycles. The highest BCUT2D eigenvalue weighted by molar-refractivity contribution is 5.82. The van der Waals surface area contributed by atoms with Gasteiger partial charge in [0.2, 0.25) is 0 Å². The molecule has 0 heterocycles. The normalized spacial score (nSPS) is 32.4. The van der Waals surface area contributed by atoms with Gasteiger partial charge in [-0.25, -0.2) is 4.79 Å². The molecule has 0 radical (unpaired) electrons. The van der Waals surface area contributed by atoms with Gasteiger partial charge in [0.25, 0.3) is 5.54 Å². The van der Waals surface area contributed by atoms with Crippen LogP contribution in [0, 0.1) is 15.5 Å². The standard InChI is InChI=1S/C17H21NO4/c1-6-14(19)22-17(5)13-8-10-16(4,18(20)21)9-7-12(13)11-15(17,2)3/h6-10H,1,11H2,2-5H3. The Balaban J connectivity index is 2.50. The lowest BCUT2D eigenvalue weighted by Gasteiger charge is -2.39. The second-order valence-electron chi connectivity index (χ2n) is 6.81. The molecule has 0 N–H and O–H groups in total. The predicted octanol–water partition coefficient (Wildman–Crippen LogP) is 3.36. The highest BCUT2D eigenvalue weighted by atomic mass is 16.6. The molecule has 2 aliphatic carbocycles. The quantitative estimate of drug-likeness (QED) is 0.347. The topological polar surface area (TPSA) is 69.4 Å². The molecule has 118 valence electrons. The van der Waals surface area contributed by atoms with Crippen molar-refractivity contribution in [2.45, 2.75) is 45.3 Å². The van der Waals surface area contributed by atoms with Gasteiger partial charge in [-0.3, -0.25) is 10.1 Å². The Morgan fingerprint density at radius 3 is 2.45 bits per heavy atom. The summed E-state index contributed by atoms with van der Waals surface area (Å²) in [6.45, 7) is 10.9. The first-order valence-electron chi connectivity index (χ1n) is 7.18. The molecular formula is C17H21NO4. The predicted molar refractivity (Wildman–Crippen MR) is 83.8 cm³/mol. The van der Waals surface area contributed by atoms with Crippen LogP contribution in [0.5, 0.6) is 0 Å². The molecule has 22 heavy (non-hydrogen) atoms. The first kappa shape index (κ1) is 16.2. The van der Waals surface area contributed by atoms with E-state index in [1.165, 1.54) is 0 Å². The first-order valence-corrected chi connectivity index (χ1v) is 7.18. The number of carbonyl (C=O) groups excluding carboxylic acids is 1. The number of carbonyl (C=O) groups is 1. The van der Waals surface area contributed by atoms with Crippen LogP contribution in [0.3, 0.4) is 0 Å². The van der Waals surface area contributed by atoms with Crippen LogP contribution in [0.4, 0.5) is 0 Å². The molecule has 0 aliphatic heterocycles. The molecule has 0 saturated carbocycles. The van der Waals surface area contributed by atoms with Gasteiger partial charge >= 0.3 is 5.97 Å². The monoisotopic (exact) mass is 303 g/mol. The first-order chi connectivity index (χ1) is 10.1. The van der Waals surface area contributed by atoms with E-state index in [9.17, 15) is 14.9 Å². The maximum atomic E-state index is 11.7. The minimum absolute atomic E-state index is 0.312. The van der Waals surface area contributed by atoms with Crippen molar-refractivity contribution < 1.29 is 14.5 Å². The van der Waals surface area contributed by atoms with Gasteiger partial charge in [0, 0.05) is 23.3 Å². The molecule has 2 atom stereocenters. The Kier molecular flexibility index (Phi) is 3.63. The summed E-state index contributed by atoms with van der Waals surface area (Å²) < 4.78 is 5.65. The zero-order valence-electron chi connectivity index (χ0n) is 13.4. The van der Waals surface area contributed by atoms with Crippen molar-refractivity contribution in [3.05, 3.63) is 58.2 Å². The van der Waals surface area contributed by atoms with E-state index in [0.29, 0.717) is 6.42 Å². The molecule has 0 bridgehead atoms. The van der Waals surface area contributed by atoms with E-state index in [1.807, 2.05) is 20.8 Å². The third-order valence-corrected chi connectivity index (χ3v) is 4.86. The maximum absolute atomic E-state index is 11.7. The fourth-order valence-corrected chi connectivity index (χ4v) is 2.96. The number of rotatable bonds is 3. The molecule has 2 rings (SSSR count). The van der Waals surface area contributed by atoms with Crippen molar-refractivity contribution in [3.8, 4) is 0 Å². The zero-order chi connectivity index (χ0) is 16.8. The summed E-state index contributed by atoms with van der Waals surface area (Å²) in [7, 11) is 0. The summed E-state index contributed by atoms with van der Waals surface area (Å²) in [6, 6.07) is 0. The van der Waals surface area contributed by atoms with Gasteiger partial charge in [-0.1, -0.05) is 32.6 Å². The van der Waals surface area contributed by atoms with E-state index < -0.39 is 17.1 Å². The van der Waals surface area contributed by atoms with Gasteiger partial charge in [-0.05, 0) is 36.6 Å². The van der Waals surface area contributed by atoms with Gasteiger partial charge in [0.1, 0.15) is 5.60 Å². The van der Waals surface area contributed by atoms with Crippen molar-refractivity contribution in [2.24, 2.45) is 5.41 Å². The molecule has 0 spiro atoms. The van der Waals surface area contributed by atoms with Crippen molar-refractivity contribution in [1.82, 2.24) is 0 Å². The van der Waals surface area contributed by atoms with E-state index in [4.69, 9.17) is 4.74 Å². The smallest absolute Gasteiger partial charge is 0.331 e. The Morgan fingerprint density at radius 2 is 1.91 bits per heavy atom. The Hall–Kier alpha value is -2.17. The Morgan fingerprint density at radius 1 is 1.32 bits per heavy atom. The minimum Gasteiger partial charge on any atom is -0.451 e. The molecule has 0 aromatic rings. The van der Waals surface area contributed by atoms with Crippen LogP contribution in [-0.4, -0.2) is 22.0 Å².